The second-order valence-electron chi connectivity index (χ2n) is 7.77. The first kappa shape index (κ1) is 19.8. The van der Waals surface area contributed by atoms with Gasteiger partial charge < -0.3 is 15.3 Å². The number of nitrogens with one attached hydrogen (secondary N) is 1. The summed E-state index contributed by atoms with van der Waals surface area (Å²) in [5.74, 6) is 3.04. The number of hydrogen-bond donors (Lipinski definition) is 2. The number of amides is 1. The molecule has 2 aromatic carbocycles. The molecule has 0 bridgehead atoms. The largest absolute Gasteiger partial charge is 0.389 e. The zero-order chi connectivity index (χ0) is 22.1. The summed E-state index contributed by atoms with van der Waals surface area (Å²) in [5, 5.41) is 17.1. The van der Waals surface area contributed by atoms with Crippen molar-refractivity contribution in [3.63, 3.8) is 0 Å². The summed E-state index contributed by atoms with van der Waals surface area (Å²) >= 11 is 0. The highest BCUT2D eigenvalue weighted by Crippen LogP contribution is 2.25. The number of likely N-dealkylation sites (tertiary alicyclic amines) is 1. The molecule has 0 aliphatic carbocycles. The second kappa shape index (κ2) is 8.17. The van der Waals surface area contributed by atoms with Crippen molar-refractivity contribution in [1.29, 1.82) is 0 Å². The Morgan fingerprint density at radius 3 is 2.56 bits per heavy atom. The number of aromatic nitrogens is 3. The van der Waals surface area contributed by atoms with E-state index in [1.165, 1.54) is 0 Å². The van der Waals surface area contributed by atoms with E-state index in [4.69, 9.17) is 6.42 Å². The van der Waals surface area contributed by atoms with Crippen LogP contribution in [0.15, 0.2) is 66.9 Å². The molecular formula is C25H21N5O2. The molecular weight excluding hydrogens is 402 g/mol. The summed E-state index contributed by atoms with van der Waals surface area (Å²) in [7, 11) is 0. The van der Waals surface area contributed by atoms with Crippen LogP contribution in [0.25, 0.3) is 16.8 Å². The van der Waals surface area contributed by atoms with Crippen LogP contribution in [-0.2, 0) is 6.42 Å². The average molecular weight is 423 g/mol. The zero-order valence-corrected chi connectivity index (χ0v) is 17.3. The lowest BCUT2D eigenvalue weighted by Crippen LogP contribution is -2.53. The molecule has 2 N–H and O–H groups in total. The van der Waals surface area contributed by atoms with Crippen LogP contribution in [0.3, 0.4) is 0 Å². The van der Waals surface area contributed by atoms with E-state index >= 15 is 0 Å². The van der Waals surface area contributed by atoms with Gasteiger partial charge in [0.1, 0.15) is 0 Å². The number of terminal acetylenes is 1. The fourth-order valence-corrected chi connectivity index (χ4v) is 3.73. The van der Waals surface area contributed by atoms with Gasteiger partial charge >= 0.3 is 0 Å². The number of hydrogen-bond acceptors (Lipinski definition) is 5. The van der Waals surface area contributed by atoms with Gasteiger partial charge in [-0.05, 0) is 47.5 Å². The van der Waals surface area contributed by atoms with E-state index in [1.54, 1.807) is 21.5 Å². The van der Waals surface area contributed by atoms with E-state index in [-0.39, 0.29) is 5.91 Å². The van der Waals surface area contributed by atoms with Crippen LogP contribution in [0.1, 0.15) is 15.9 Å². The van der Waals surface area contributed by atoms with Gasteiger partial charge in [-0.25, -0.2) is 4.52 Å². The maximum atomic E-state index is 12.3. The standard InChI is InChI=1S/C25H21N5O2/c1-2-4-17-6-8-18(9-7-17)22-5-3-14-30-23(22)27-25(28-30)26-20-12-10-19(11-13-20)24(32)29-15-21(31)16-29/h1,3,5-14,21,31H,4,15-16H2,(H,26,28). The Bertz CT molecular complexity index is 1310. The number of fused-ring (bicyclic) bond motifs is 1. The lowest BCUT2D eigenvalue weighted by Gasteiger charge is -2.35. The summed E-state index contributed by atoms with van der Waals surface area (Å²) in [6.07, 6.45) is 7.44. The van der Waals surface area contributed by atoms with Crippen molar-refractivity contribution < 1.29 is 9.90 Å². The summed E-state index contributed by atoms with van der Waals surface area (Å²) in [4.78, 5) is 18.6. The number of pyridine rings is 1. The monoisotopic (exact) mass is 423 g/mol. The molecule has 3 heterocycles. The molecule has 0 radical (unpaired) electrons. The minimum absolute atomic E-state index is 0.0781. The molecule has 0 atom stereocenters. The van der Waals surface area contributed by atoms with Gasteiger partial charge in [-0.1, -0.05) is 24.3 Å². The number of nitrogens with zero attached hydrogens (tertiary/aromatic N) is 4. The van der Waals surface area contributed by atoms with Crippen molar-refractivity contribution in [1.82, 2.24) is 19.5 Å². The van der Waals surface area contributed by atoms with E-state index in [9.17, 15) is 9.90 Å². The van der Waals surface area contributed by atoms with E-state index in [2.05, 4.69) is 21.3 Å². The molecule has 1 fully saturated rings. The Hall–Kier alpha value is -4.15. The normalized spacial score (nSPS) is 13.6. The number of carbonyl (C=O) groups is 1. The summed E-state index contributed by atoms with van der Waals surface area (Å²) < 4.78 is 1.74. The number of aliphatic hydroxyl groups is 1. The van der Waals surface area contributed by atoms with Crippen molar-refractivity contribution in [2.45, 2.75) is 12.5 Å². The number of anilines is 2. The van der Waals surface area contributed by atoms with Crippen LogP contribution < -0.4 is 5.32 Å². The first-order valence-electron chi connectivity index (χ1n) is 10.3. The van der Waals surface area contributed by atoms with Crippen molar-refractivity contribution in [2.75, 3.05) is 18.4 Å². The van der Waals surface area contributed by atoms with Crippen molar-refractivity contribution in [2.24, 2.45) is 0 Å². The molecule has 1 saturated heterocycles. The Morgan fingerprint density at radius 2 is 1.88 bits per heavy atom. The van der Waals surface area contributed by atoms with E-state index < -0.39 is 6.10 Å². The number of β-amino-alcohol motifs (C(OH)–C–C–N with tert-alkyl or cyclic N) is 1. The van der Waals surface area contributed by atoms with E-state index in [0.717, 1.165) is 28.0 Å². The van der Waals surface area contributed by atoms with Gasteiger partial charge in [0.15, 0.2) is 5.65 Å². The molecule has 1 aliphatic rings. The SMILES string of the molecule is C#CCc1ccc(-c2cccn3nc(Nc4ccc(C(=O)N5CC(O)C5)cc4)nc23)cc1. The van der Waals surface area contributed by atoms with Crippen LogP contribution in [0.5, 0.6) is 0 Å². The summed E-state index contributed by atoms with van der Waals surface area (Å²) in [5.41, 5.74) is 5.21. The van der Waals surface area contributed by atoms with Crippen molar-refractivity contribution >= 4 is 23.2 Å². The molecule has 7 heteroatoms. The second-order valence-corrected chi connectivity index (χ2v) is 7.77. The summed E-state index contributed by atoms with van der Waals surface area (Å²) in [6.45, 7) is 0.776. The zero-order valence-electron chi connectivity index (χ0n) is 17.3. The fourth-order valence-electron chi connectivity index (χ4n) is 3.73. The lowest BCUT2D eigenvalue weighted by molar-refractivity contribution is 0.00590. The molecule has 7 nitrogen and oxygen atoms in total. The Kier molecular flexibility index (Phi) is 5.06. The number of benzene rings is 2. The average Bonchev–Trinajstić information content (AvgIpc) is 3.20. The molecule has 32 heavy (non-hydrogen) atoms. The minimum Gasteiger partial charge on any atom is -0.389 e. The van der Waals surface area contributed by atoms with Crippen LogP contribution in [0.4, 0.5) is 11.6 Å². The topological polar surface area (TPSA) is 82.8 Å². The summed E-state index contributed by atoms with van der Waals surface area (Å²) in [6, 6.07) is 19.2. The van der Waals surface area contributed by atoms with Gasteiger partial charge in [-0.3, -0.25) is 4.79 Å². The third-order valence-electron chi connectivity index (χ3n) is 5.47. The lowest BCUT2D eigenvalue weighted by atomic mass is 10.0. The van der Waals surface area contributed by atoms with Gasteiger partial charge in [0, 0.05) is 42.5 Å². The van der Waals surface area contributed by atoms with Crippen LogP contribution in [0.2, 0.25) is 0 Å². The molecule has 4 aromatic rings. The molecule has 5 rings (SSSR count). The Balaban J connectivity index is 1.36. The highest BCUT2D eigenvalue weighted by molar-refractivity contribution is 5.95. The van der Waals surface area contributed by atoms with Crippen molar-refractivity contribution in [3.8, 4) is 23.5 Å². The van der Waals surface area contributed by atoms with Gasteiger partial charge in [0.05, 0.1) is 6.10 Å². The minimum atomic E-state index is -0.410. The first-order valence-corrected chi connectivity index (χ1v) is 10.3. The van der Waals surface area contributed by atoms with Gasteiger partial charge in [0.2, 0.25) is 5.95 Å². The number of carbonyl (C=O) groups excluding carboxylic acids is 1. The quantitative estimate of drug-likeness (QED) is 0.482. The smallest absolute Gasteiger partial charge is 0.254 e. The molecule has 1 aliphatic heterocycles. The molecule has 158 valence electrons. The molecule has 0 saturated carbocycles. The number of rotatable bonds is 5. The highest BCUT2D eigenvalue weighted by atomic mass is 16.3. The Labute approximate surface area is 185 Å². The Morgan fingerprint density at radius 1 is 1.12 bits per heavy atom. The molecule has 0 unspecified atom stereocenters. The molecule has 1 amide bonds. The maximum Gasteiger partial charge on any atom is 0.254 e. The first-order chi connectivity index (χ1) is 15.6. The highest BCUT2D eigenvalue weighted by Gasteiger charge is 2.29. The predicted molar refractivity (Wildman–Crippen MR) is 123 cm³/mol. The molecule has 2 aromatic heterocycles. The van der Waals surface area contributed by atoms with Gasteiger partial charge in [-0.15, -0.1) is 17.4 Å². The fraction of sp³-hybridized carbons (Fsp3) is 0.160. The molecule has 0 spiro atoms. The van der Waals surface area contributed by atoms with Crippen LogP contribution in [-0.4, -0.2) is 49.7 Å². The van der Waals surface area contributed by atoms with E-state index in [0.29, 0.717) is 31.0 Å². The van der Waals surface area contributed by atoms with Gasteiger partial charge in [-0.2, -0.15) is 4.98 Å². The van der Waals surface area contributed by atoms with E-state index in [1.807, 2.05) is 54.7 Å². The van der Waals surface area contributed by atoms with Crippen LogP contribution >= 0.6 is 0 Å². The van der Waals surface area contributed by atoms with Crippen molar-refractivity contribution in [3.05, 3.63) is 78.0 Å². The van der Waals surface area contributed by atoms with Gasteiger partial charge in [0.25, 0.3) is 5.91 Å². The third-order valence-corrected chi connectivity index (χ3v) is 5.47. The number of aliphatic hydroxyl groups excluding tert-OH is 1. The third kappa shape index (κ3) is 3.80. The maximum absolute atomic E-state index is 12.3. The van der Waals surface area contributed by atoms with Crippen LogP contribution in [0, 0.1) is 12.3 Å². The predicted octanol–water partition coefficient (Wildman–Crippen LogP) is 3.13.